The van der Waals surface area contributed by atoms with Gasteiger partial charge in [0.15, 0.2) is 5.78 Å². The lowest BCUT2D eigenvalue weighted by Gasteiger charge is -2.43. The molecular formula is C35H34N2O4. The SMILES string of the molecule is COc1ccc(C2=C(c3ccccc3)C3(C=CC(=O)C=C3)N(C(C(=O)NC(C)(C)C)c3ccccc3C)C2=O)cc1. The number of amides is 2. The van der Waals surface area contributed by atoms with E-state index in [1.54, 1.807) is 24.2 Å². The lowest BCUT2D eigenvalue weighted by molar-refractivity contribution is -0.139. The lowest BCUT2D eigenvalue weighted by atomic mass is 9.79. The summed E-state index contributed by atoms with van der Waals surface area (Å²) in [6.07, 6.45) is 6.47. The molecule has 1 aliphatic heterocycles. The van der Waals surface area contributed by atoms with Gasteiger partial charge < -0.3 is 15.0 Å². The minimum atomic E-state index is -1.20. The summed E-state index contributed by atoms with van der Waals surface area (Å²) in [5.41, 5.74) is 2.51. The molecule has 0 saturated carbocycles. The molecule has 0 saturated heterocycles. The number of aryl methyl sites for hydroxylation is 1. The first kappa shape index (κ1) is 27.8. The van der Waals surface area contributed by atoms with E-state index in [1.165, 1.54) is 12.2 Å². The van der Waals surface area contributed by atoms with Crippen LogP contribution in [0.2, 0.25) is 0 Å². The lowest BCUT2D eigenvalue weighted by Crippen LogP contribution is -2.55. The maximum atomic E-state index is 14.9. The third kappa shape index (κ3) is 5.13. The summed E-state index contributed by atoms with van der Waals surface area (Å²) >= 11 is 0. The van der Waals surface area contributed by atoms with Gasteiger partial charge in [-0.05, 0) is 86.4 Å². The summed E-state index contributed by atoms with van der Waals surface area (Å²) in [6, 6.07) is 23.6. The topological polar surface area (TPSA) is 75.7 Å². The number of nitrogens with zero attached hydrogens (tertiary/aromatic N) is 1. The van der Waals surface area contributed by atoms with Gasteiger partial charge in [0.2, 0.25) is 5.91 Å². The Hall–Kier alpha value is -4.71. The molecule has 208 valence electrons. The Morgan fingerprint density at radius 1 is 0.854 bits per heavy atom. The zero-order valence-corrected chi connectivity index (χ0v) is 24.0. The smallest absolute Gasteiger partial charge is 0.257 e. The van der Waals surface area contributed by atoms with Crippen molar-refractivity contribution in [3.8, 4) is 5.75 Å². The van der Waals surface area contributed by atoms with Crippen molar-refractivity contribution in [2.45, 2.75) is 44.8 Å². The zero-order chi connectivity index (χ0) is 29.4. The van der Waals surface area contributed by atoms with Crippen LogP contribution in [-0.2, 0) is 14.4 Å². The third-order valence-electron chi connectivity index (χ3n) is 7.41. The highest BCUT2D eigenvalue weighted by Gasteiger charge is 2.54. The standard InChI is InChI=1S/C35H34N2O4/c1-23-11-9-10-14-28(23)31(32(39)36-34(2,3)4)37-33(40)29(24-15-17-27(41-5)18-16-24)30(25-12-7-6-8-13-25)35(37)21-19-26(38)20-22-35/h6-22,31H,1-5H3,(H,36,39). The molecule has 1 unspecified atom stereocenters. The van der Waals surface area contributed by atoms with Crippen LogP contribution in [0.5, 0.6) is 5.75 Å². The highest BCUT2D eigenvalue weighted by Crippen LogP contribution is 2.52. The molecule has 0 bridgehead atoms. The van der Waals surface area contributed by atoms with E-state index < -0.39 is 17.1 Å². The van der Waals surface area contributed by atoms with Gasteiger partial charge >= 0.3 is 0 Å². The molecule has 2 aliphatic rings. The molecule has 3 aromatic rings. The van der Waals surface area contributed by atoms with Crippen molar-refractivity contribution in [1.82, 2.24) is 10.2 Å². The normalized spacial score (nSPS) is 16.9. The fourth-order valence-corrected chi connectivity index (χ4v) is 5.64. The summed E-state index contributed by atoms with van der Waals surface area (Å²) < 4.78 is 5.38. The summed E-state index contributed by atoms with van der Waals surface area (Å²) in [7, 11) is 1.59. The second-order valence-electron chi connectivity index (χ2n) is 11.4. The van der Waals surface area contributed by atoms with E-state index >= 15 is 0 Å². The molecule has 6 nitrogen and oxygen atoms in total. The van der Waals surface area contributed by atoms with E-state index in [0.29, 0.717) is 28.0 Å². The van der Waals surface area contributed by atoms with Gasteiger partial charge in [0, 0.05) is 11.1 Å². The molecule has 1 aliphatic carbocycles. The van der Waals surface area contributed by atoms with Crippen LogP contribution in [0.1, 0.15) is 49.1 Å². The predicted octanol–water partition coefficient (Wildman–Crippen LogP) is 5.85. The van der Waals surface area contributed by atoms with Gasteiger partial charge in [-0.2, -0.15) is 0 Å². The summed E-state index contributed by atoms with van der Waals surface area (Å²) in [5, 5.41) is 3.11. The molecule has 1 heterocycles. The van der Waals surface area contributed by atoms with Crippen molar-refractivity contribution < 1.29 is 19.1 Å². The van der Waals surface area contributed by atoms with Crippen molar-refractivity contribution >= 4 is 28.7 Å². The fraction of sp³-hybridized carbons (Fsp3) is 0.229. The number of carbonyl (C=O) groups is 3. The highest BCUT2D eigenvalue weighted by atomic mass is 16.5. The van der Waals surface area contributed by atoms with Gasteiger partial charge in [-0.15, -0.1) is 0 Å². The molecule has 6 heteroatoms. The van der Waals surface area contributed by atoms with Crippen molar-refractivity contribution in [1.29, 1.82) is 0 Å². The number of methoxy groups -OCH3 is 1. The number of rotatable bonds is 6. The molecule has 0 aromatic heterocycles. The van der Waals surface area contributed by atoms with E-state index in [0.717, 1.165) is 11.1 Å². The summed E-state index contributed by atoms with van der Waals surface area (Å²) in [6.45, 7) is 7.68. The molecule has 3 aromatic carbocycles. The first-order chi connectivity index (χ1) is 19.6. The van der Waals surface area contributed by atoms with Crippen LogP contribution >= 0.6 is 0 Å². The van der Waals surface area contributed by atoms with E-state index in [-0.39, 0.29) is 17.6 Å². The number of hydrogen-bond donors (Lipinski definition) is 1. The Morgan fingerprint density at radius 2 is 1.46 bits per heavy atom. The summed E-state index contributed by atoms with van der Waals surface area (Å²) in [4.78, 5) is 43.3. The Morgan fingerprint density at radius 3 is 2.05 bits per heavy atom. The van der Waals surface area contributed by atoms with Gasteiger partial charge in [0.25, 0.3) is 5.91 Å². The van der Waals surface area contributed by atoms with Crippen molar-refractivity contribution in [3.05, 3.63) is 125 Å². The average Bonchev–Trinajstić information content (AvgIpc) is 3.19. The Labute approximate surface area is 241 Å². The van der Waals surface area contributed by atoms with Crippen LogP contribution in [0, 0.1) is 6.92 Å². The van der Waals surface area contributed by atoms with E-state index in [2.05, 4.69) is 5.32 Å². The maximum absolute atomic E-state index is 14.9. The molecule has 41 heavy (non-hydrogen) atoms. The number of carbonyl (C=O) groups excluding carboxylic acids is 3. The number of nitrogens with one attached hydrogen (secondary N) is 1. The zero-order valence-electron chi connectivity index (χ0n) is 24.0. The van der Waals surface area contributed by atoms with Crippen LogP contribution in [0.25, 0.3) is 11.1 Å². The van der Waals surface area contributed by atoms with Crippen LogP contribution in [0.4, 0.5) is 0 Å². The number of benzene rings is 3. The van der Waals surface area contributed by atoms with Crippen LogP contribution in [-0.4, -0.2) is 40.7 Å². The van der Waals surface area contributed by atoms with Crippen molar-refractivity contribution in [3.63, 3.8) is 0 Å². The third-order valence-corrected chi connectivity index (χ3v) is 7.41. The van der Waals surface area contributed by atoms with Gasteiger partial charge in [-0.1, -0.05) is 66.7 Å². The number of ether oxygens (including phenoxy) is 1. The molecular weight excluding hydrogens is 512 g/mol. The molecule has 1 N–H and O–H groups in total. The molecule has 5 rings (SSSR count). The largest absolute Gasteiger partial charge is 0.497 e. The Balaban J connectivity index is 1.83. The van der Waals surface area contributed by atoms with Gasteiger partial charge in [0.1, 0.15) is 17.3 Å². The van der Waals surface area contributed by atoms with Gasteiger partial charge in [0.05, 0.1) is 12.7 Å². The van der Waals surface area contributed by atoms with Gasteiger partial charge in [-0.25, -0.2) is 0 Å². The first-order valence-corrected chi connectivity index (χ1v) is 13.6. The van der Waals surface area contributed by atoms with Crippen molar-refractivity contribution in [2.75, 3.05) is 7.11 Å². The Kier molecular flexibility index (Phi) is 7.26. The van der Waals surface area contributed by atoms with Crippen LogP contribution in [0.15, 0.2) is 103 Å². The van der Waals surface area contributed by atoms with Crippen molar-refractivity contribution in [2.24, 2.45) is 0 Å². The monoisotopic (exact) mass is 546 g/mol. The predicted molar refractivity (Wildman–Crippen MR) is 161 cm³/mol. The molecule has 2 amide bonds. The van der Waals surface area contributed by atoms with Gasteiger partial charge in [-0.3, -0.25) is 14.4 Å². The quantitative estimate of drug-likeness (QED) is 0.421. The fourth-order valence-electron chi connectivity index (χ4n) is 5.64. The Bertz CT molecular complexity index is 1580. The molecule has 0 radical (unpaired) electrons. The minimum Gasteiger partial charge on any atom is -0.497 e. The molecule has 1 spiro atoms. The first-order valence-electron chi connectivity index (χ1n) is 13.6. The maximum Gasteiger partial charge on any atom is 0.257 e. The average molecular weight is 547 g/mol. The number of hydrogen-bond acceptors (Lipinski definition) is 4. The number of ketones is 1. The van der Waals surface area contributed by atoms with E-state index in [4.69, 9.17) is 4.74 Å². The summed E-state index contributed by atoms with van der Waals surface area (Å²) in [5.74, 6) is -0.130. The van der Waals surface area contributed by atoms with E-state index in [9.17, 15) is 14.4 Å². The molecule has 0 fully saturated rings. The van der Waals surface area contributed by atoms with Crippen LogP contribution < -0.4 is 10.1 Å². The second-order valence-corrected chi connectivity index (χ2v) is 11.4. The molecule has 1 atom stereocenters. The number of allylic oxidation sites excluding steroid dienone is 2. The van der Waals surface area contributed by atoms with E-state index in [1.807, 2.05) is 107 Å². The highest BCUT2D eigenvalue weighted by molar-refractivity contribution is 6.33. The minimum absolute atomic E-state index is 0.181. The second kappa shape index (κ2) is 10.7. The van der Waals surface area contributed by atoms with Crippen LogP contribution in [0.3, 0.4) is 0 Å².